The summed E-state index contributed by atoms with van der Waals surface area (Å²) in [5.74, 6) is 0. The molecule has 0 saturated carbocycles. The second-order valence-electron chi connectivity index (χ2n) is 3.92. The number of nitrogens with zero attached hydrogens (tertiary/aromatic N) is 1. The maximum atomic E-state index is 11.7. The van der Waals surface area contributed by atoms with E-state index in [1.807, 2.05) is 13.8 Å². The summed E-state index contributed by atoms with van der Waals surface area (Å²) in [5, 5.41) is 3.16. The Morgan fingerprint density at radius 3 is 2.47 bits per heavy atom. The maximum absolute atomic E-state index is 11.7. The molecule has 2 N–H and O–H groups in total. The zero-order valence-corrected chi connectivity index (χ0v) is 10.3. The predicted molar refractivity (Wildman–Crippen MR) is 60.9 cm³/mol. The highest BCUT2D eigenvalue weighted by molar-refractivity contribution is 7.87. The highest BCUT2D eigenvalue weighted by Crippen LogP contribution is 2.10. The van der Waals surface area contributed by atoms with Gasteiger partial charge in [0, 0.05) is 25.7 Å². The van der Waals surface area contributed by atoms with Crippen LogP contribution in [0, 0.1) is 0 Å². The van der Waals surface area contributed by atoms with Crippen molar-refractivity contribution < 1.29 is 8.42 Å². The van der Waals surface area contributed by atoms with E-state index in [0.717, 1.165) is 19.4 Å². The third-order valence-corrected chi connectivity index (χ3v) is 4.11. The normalized spacial score (nSPS) is 20.7. The van der Waals surface area contributed by atoms with Gasteiger partial charge in [-0.3, -0.25) is 0 Å². The molecule has 0 unspecified atom stereocenters. The molecule has 0 amide bonds. The summed E-state index contributed by atoms with van der Waals surface area (Å²) in [6, 6.07) is 0.173. The van der Waals surface area contributed by atoms with Crippen molar-refractivity contribution in [2.75, 3.05) is 26.2 Å². The second kappa shape index (κ2) is 5.79. The van der Waals surface area contributed by atoms with E-state index in [1.54, 1.807) is 0 Å². The molecule has 0 aliphatic carbocycles. The number of nitrogens with one attached hydrogen (secondary N) is 2. The number of likely N-dealkylation sites (N-methyl/N-ethyl adjacent to an activating group) is 1. The largest absolute Gasteiger partial charge is 0.313 e. The van der Waals surface area contributed by atoms with Crippen molar-refractivity contribution in [3.63, 3.8) is 0 Å². The quantitative estimate of drug-likeness (QED) is 0.676. The molecule has 0 aromatic carbocycles. The molecule has 90 valence electrons. The highest BCUT2D eigenvalue weighted by Gasteiger charge is 2.24. The van der Waals surface area contributed by atoms with Gasteiger partial charge in [0.05, 0.1) is 0 Å². The van der Waals surface area contributed by atoms with Gasteiger partial charge in [-0.2, -0.15) is 12.7 Å². The Morgan fingerprint density at radius 2 is 1.93 bits per heavy atom. The molecule has 0 aromatic rings. The van der Waals surface area contributed by atoms with E-state index in [2.05, 4.69) is 10.0 Å². The van der Waals surface area contributed by atoms with Gasteiger partial charge in [-0.25, -0.2) is 4.72 Å². The fourth-order valence-electron chi connectivity index (χ4n) is 1.67. The first-order chi connectivity index (χ1) is 7.06. The lowest BCUT2D eigenvalue weighted by Gasteiger charge is -2.18. The van der Waals surface area contributed by atoms with E-state index in [4.69, 9.17) is 0 Å². The molecule has 1 saturated heterocycles. The zero-order chi connectivity index (χ0) is 11.3. The van der Waals surface area contributed by atoms with Crippen molar-refractivity contribution in [2.45, 2.75) is 32.7 Å². The Balaban J connectivity index is 2.35. The van der Waals surface area contributed by atoms with Gasteiger partial charge in [-0.1, -0.05) is 6.92 Å². The minimum atomic E-state index is -3.23. The molecule has 1 atom stereocenters. The van der Waals surface area contributed by atoms with Crippen molar-refractivity contribution in [3.8, 4) is 0 Å². The monoisotopic (exact) mass is 235 g/mol. The first-order valence-corrected chi connectivity index (χ1v) is 6.98. The highest BCUT2D eigenvalue weighted by atomic mass is 32.2. The summed E-state index contributed by atoms with van der Waals surface area (Å²) in [6.45, 7) is 6.59. The van der Waals surface area contributed by atoms with E-state index >= 15 is 0 Å². The number of hydrogen-bond acceptors (Lipinski definition) is 3. The lowest BCUT2D eigenvalue weighted by molar-refractivity contribution is 0.456. The Hall–Kier alpha value is -0.170. The number of rotatable bonds is 6. The fraction of sp³-hybridized carbons (Fsp3) is 1.00. The summed E-state index contributed by atoms with van der Waals surface area (Å²) in [7, 11) is -3.23. The van der Waals surface area contributed by atoms with Crippen LogP contribution in [0.4, 0.5) is 0 Å². The standard InChI is InChI=1S/C9H21N3O2S/c1-3-10-9(2)8-11-15(13,14)12-6-4-5-7-12/h9-11H,3-8H2,1-2H3/t9-/m1/s1. The van der Waals surface area contributed by atoms with Gasteiger partial charge in [-0.05, 0) is 26.3 Å². The lowest BCUT2D eigenvalue weighted by Crippen LogP contribution is -2.44. The minimum Gasteiger partial charge on any atom is -0.313 e. The lowest BCUT2D eigenvalue weighted by atomic mass is 10.3. The average molecular weight is 235 g/mol. The molecule has 15 heavy (non-hydrogen) atoms. The molecule has 0 aromatic heterocycles. The average Bonchev–Trinajstić information content (AvgIpc) is 2.69. The van der Waals surface area contributed by atoms with Crippen LogP contribution in [0.25, 0.3) is 0 Å². The van der Waals surface area contributed by atoms with Gasteiger partial charge in [-0.15, -0.1) is 0 Å². The molecule has 0 bridgehead atoms. The van der Waals surface area contributed by atoms with Crippen LogP contribution in [0.1, 0.15) is 26.7 Å². The molecular formula is C9H21N3O2S. The van der Waals surface area contributed by atoms with Gasteiger partial charge in [0.15, 0.2) is 0 Å². The third-order valence-electron chi connectivity index (χ3n) is 2.53. The van der Waals surface area contributed by atoms with Crippen LogP contribution in [0.3, 0.4) is 0 Å². The van der Waals surface area contributed by atoms with E-state index in [0.29, 0.717) is 19.6 Å². The zero-order valence-electron chi connectivity index (χ0n) is 9.49. The van der Waals surface area contributed by atoms with Gasteiger partial charge in [0.25, 0.3) is 10.2 Å². The van der Waals surface area contributed by atoms with Crippen LogP contribution in [0.5, 0.6) is 0 Å². The molecule has 1 fully saturated rings. The molecule has 0 spiro atoms. The maximum Gasteiger partial charge on any atom is 0.279 e. The second-order valence-corrected chi connectivity index (χ2v) is 5.67. The van der Waals surface area contributed by atoms with Crippen LogP contribution in [-0.4, -0.2) is 44.9 Å². The molecular weight excluding hydrogens is 214 g/mol. The Bertz CT molecular complexity index is 273. The van der Waals surface area contributed by atoms with E-state index in [1.165, 1.54) is 4.31 Å². The van der Waals surface area contributed by atoms with Crippen LogP contribution < -0.4 is 10.0 Å². The first-order valence-electron chi connectivity index (χ1n) is 5.54. The van der Waals surface area contributed by atoms with E-state index in [9.17, 15) is 8.42 Å². The fourth-order valence-corrected chi connectivity index (χ4v) is 3.05. The minimum absolute atomic E-state index is 0.173. The Kier molecular flexibility index (Phi) is 4.98. The van der Waals surface area contributed by atoms with E-state index < -0.39 is 10.2 Å². The van der Waals surface area contributed by atoms with Crippen molar-refractivity contribution in [2.24, 2.45) is 0 Å². The molecule has 1 aliphatic rings. The molecule has 1 aliphatic heterocycles. The van der Waals surface area contributed by atoms with Crippen molar-refractivity contribution in [1.29, 1.82) is 0 Å². The smallest absolute Gasteiger partial charge is 0.279 e. The molecule has 1 rings (SSSR count). The van der Waals surface area contributed by atoms with Gasteiger partial charge in [0.2, 0.25) is 0 Å². The van der Waals surface area contributed by atoms with E-state index in [-0.39, 0.29) is 6.04 Å². The molecule has 0 radical (unpaired) electrons. The topological polar surface area (TPSA) is 61.4 Å². The van der Waals surface area contributed by atoms with Crippen molar-refractivity contribution in [3.05, 3.63) is 0 Å². The summed E-state index contributed by atoms with van der Waals surface area (Å²) in [5.41, 5.74) is 0. The van der Waals surface area contributed by atoms with Crippen LogP contribution in [0.15, 0.2) is 0 Å². The molecule has 6 heteroatoms. The summed E-state index contributed by atoms with van der Waals surface area (Å²) < 4.78 is 27.6. The van der Waals surface area contributed by atoms with Crippen LogP contribution in [-0.2, 0) is 10.2 Å². The summed E-state index contributed by atoms with van der Waals surface area (Å²) in [6.07, 6.45) is 1.95. The van der Waals surface area contributed by atoms with Crippen molar-refractivity contribution >= 4 is 10.2 Å². The third kappa shape index (κ3) is 4.06. The van der Waals surface area contributed by atoms with Gasteiger partial charge < -0.3 is 5.32 Å². The van der Waals surface area contributed by atoms with Gasteiger partial charge >= 0.3 is 0 Å². The summed E-state index contributed by atoms with van der Waals surface area (Å²) >= 11 is 0. The Morgan fingerprint density at radius 1 is 1.33 bits per heavy atom. The van der Waals surface area contributed by atoms with Crippen molar-refractivity contribution in [1.82, 2.24) is 14.3 Å². The predicted octanol–water partition coefficient (Wildman–Crippen LogP) is -0.0854. The number of hydrogen-bond donors (Lipinski definition) is 2. The molecule has 1 heterocycles. The SMILES string of the molecule is CCN[C@H](C)CNS(=O)(=O)N1CCCC1. The van der Waals surface area contributed by atoms with Crippen LogP contribution >= 0.6 is 0 Å². The van der Waals surface area contributed by atoms with Gasteiger partial charge in [0.1, 0.15) is 0 Å². The summed E-state index contributed by atoms with van der Waals surface area (Å²) in [4.78, 5) is 0. The Labute approximate surface area is 92.4 Å². The van der Waals surface area contributed by atoms with Crippen LogP contribution in [0.2, 0.25) is 0 Å². The first kappa shape index (κ1) is 12.9. The molecule has 5 nitrogen and oxygen atoms in total.